The van der Waals surface area contributed by atoms with Crippen molar-refractivity contribution in [3.63, 3.8) is 0 Å². The van der Waals surface area contributed by atoms with E-state index >= 15 is 0 Å². The van der Waals surface area contributed by atoms with Crippen molar-refractivity contribution in [2.75, 3.05) is 0 Å². The van der Waals surface area contributed by atoms with Crippen LogP contribution in [0.25, 0.3) is 0 Å². The maximum absolute atomic E-state index is 9.43. The van der Waals surface area contributed by atoms with Crippen LogP contribution in [-0.2, 0) is 0 Å². The van der Waals surface area contributed by atoms with Crippen LogP contribution in [-0.4, -0.2) is 9.80 Å². The van der Waals surface area contributed by atoms with Crippen molar-refractivity contribution in [2.45, 2.75) is 75.9 Å². The highest BCUT2D eigenvalue weighted by atomic mass is 32.2. The number of rotatable bonds is 7. The highest BCUT2D eigenvalue weighted by Crippen LogP contribution is 2.32. The standard InChI is InChI=1S/C16H28OS/c17-18-16(13-11-15-8-4-5-9-15)12-10-14-6-2-1-3-7-14/h2,6,14-17H,1,3-5,7-13H2. The average Bonchev–Trinajstić information content (AvgIpc) is 2.93. The molecule has 0 heterocycles. The topological polar surface area (TPSA) is 20.2 Å². The van der Waals surface area contributed by atoms with Gasteiger partial charge in [-0.05, 0) is 68.8 Å². The molecule has 1 N–H and O–H groups in total. The fraction of sp³-hybridized carbons (Fsp3) is 0.875. The van der Waals surface area contributed by atoms with Crippen LogP contribution in [0.4, 0.5) is 0 Å². The summed E-state index contributed by atoms with van der Waals surface area (Å²) in [5, 5.41) is 0.487. The van der Waals surface area contributed by atoms with E-state index in [1.165, 1.54) is 70.6 Å². The summed E-state index contributed by atoms with van der Waals surface area (Å²) in [7, 11) is 0. The molecule has 0 aromatic carbocycles. The van der Waals surface area contributed by atoms with E-state index < -0.39 is 0 Å². The molecule has 0 spiro atoms. The van der Waals surface area contributed by atoms with Gasteiger partial charge in [0.25, 0.3) is 0 Å². The van der Waals surface area contributed by atoms with Crippen molar-refractivity contribution in [1.29, 1.82) is 0 Å². The summed E-state index contributed by atoms with van der Waals surface area (Å²) in [6.45, 7) is 0. The van der Waals surface area contributed by atoms with Gasteiger partial charge < -0.3 is 4.55 Å². The molecule has 0 amide bonds. The molecule has 0 aliphatic heterocycles. The van der Waals surface area contributed by atoms with Crippen molar-refractivity contribution in [3.8, 4) is 0 Å². The number of hydrogen-bond donors (Lipinski definition) is 1. The second-order valence-electron chi connectivity index (χ2n) is 6.15. The number of allylic oxidation sites excluding steroid dienone is 2. The Labute approximate surface area is 117 Å². The van der Waals surface area contributed by atoms with Crippen molar-refractivity contribution in [2.24, 2.45) is 11.8 Å². The van der Waals surface area contributed by atoms with E-state index in [1.807, 2.05) is 0 Å². The number of hydrogen-bond acceptors (Lipinski definition) is 2. The summed E-state index contributed by atoms with van der Waals surface area (Å²) in [6, 6.07) is 0. The predicted octanol–water partition coefficient (Wildman–Crippen LogP) is 5.67. The third kappa shape index (κ3) is 4.97. The summed E-state index contributed by atoms with van der Waals surface area (Å²) in [6.07, 6.45) is 19.5. The van der Waals surface area contributed by atoms with Crippen molar-refractivity contribution in [1.82, 2.24) is 0 Å². The highest BCUT2D eigenvalue weighted by molar-refractivity contribution is 7.94. The predicted molar refractivity (Wildman–Crippen MR) is 80.9 cm³/mol. The summed E-state index contributed by atoms with van der Waals surface area (Å²) in [5.74, 6) is 1.76. The van der Waals surface area contributed by atoms with E-state index in [1.54, 1.807) is 0 Å². The van der Waals surface area contributed by atoms with Crippen molar-refractivity contribution >= 4 is 12.0 Å². The second-order valence-corrected chi connectivity index (χ2v) is 7.03. The molecule has 0 aromatic heterocycles. The minimum absolute atomic E-state index is 0.487. The molecule has 2 aliphatic carbocycles. The lowest BCUT2D eigenvalue weighted by Crippen LogP contribution is -2.09. The average molecular weight is 268 g/mol. The molecule has 2 heteroatoms. The first-order chi connectivity index (χ1) is 8.88. The van der Waals surface area contributed by atoms with Crippen LogP contribution in [0.3, 0.4) is 0 Å². The normalized spacial score (nSPS) is 26.6. The van der Waals surface area contributed by atoms with Gasteiger partial charge in [0, 0.05) is 5.25 Å². The van der Waals surface area contributed by atoms with Crippen LogP contribution in [0, 0.1) is 11.8 Å². The zero-order valence-corrected chi connectivity index (χ0v) is 12.3. The van der Waals surface area contributed by atoms with Gasteiger partial charge in [-0.3, -0.25) is 0 Å². The van der Waals surface area contributed by atoms with Gasteiger partial charge >= 0.3 is 0 Å². The first-order valence-corrected chi connectivity index (χ1v) is 8.69. The largest absolute Gasteiger partial charge is 0.330 e. The van der Waals surface area contributed by atoms with Gasteiger partial charge in [0.1, 0.15) is 0 Å². The van der Waals surface area contributed by atoms with Crippen molar-refractivity contribution < 1.29 is 4.55 Å². The first kappa shape index (κ1) is 14.5. The Morgan fingerprint density at radius 3 is 2.50 bits per heavy atom. The molecular weight excluding hydrogens is 240 g/mol. The van der Waals surface area contributed by atoms with Gasteiger partial charge in [-0.1, -0.05) is 37.8 Å². The van der Waals surface area contributed by atoms with E-state index in [0.29, 0.717) is 5.25 Å². The molecule has 18 heavy (non-hydrogen) atoms. The van der Waals surface area contributed by atoms with Gasteiger partial charge in [0.05, 0.1) is 0 Å². The van der Waals surface area contributed by atoms with Crippen LogP contribution >= 0.6 is 12.0 Å². The molecule has 2 aliphatic rings. The van der Waals surface area contributed by atoms with E-state index in [2.05, 4.69) is 12.2 Å². The lowest BCUT2D eigenvalue weighted by molar-refractivity contribution is 0.438. The van der Waals surface area contributed by atoms with Gasteiger partial charge in [-0.25, -0.2) is 0 Å². The Balaban J connectivity index is 1.61. The quantitative estimate of drug-likeness (QED) is 0.474. The molecule has 2 unspecified atom stereocenters. The lowest BCUT2D eigenvalue weighted by Gasteiger charge is -2.20. The summed E-state index contributed by atoms with van der Waals surface area (Å²) < 4.78 is 9.43. The third-order valence-corrected chi connectivity index (χ3v) is 5.50. The van der Waals surface area contributed by atoms with Gasteiger partial charge in [0.15, 0.2) is 0 Å². The van der Waals surface area contributed by atoms with Gasteiger partial charge in [0.2, 0.25) is 0 Å². The van der Waals surface area contributed by atoms with Gasteiger partial charge in [-0.2, -0.15) is 0 Å². The second kappa shape index (κ2) is 8.27. The maximum atomic E-state index is 9.43. The van der Waals surface area contributed by atoms with E-state index in [9.17, 15) is 4.55 Å². The van der Waals surface area contributed by atoms with Crippen LogP contribution < -0.4 is 0 Å². The van der Waals surface area contributed by atoms with Crippen LogP contribution in [0.5, 0.6) is 0 Å². The molecule has 2 atom stereocenters. The molecule has 104 valence electrons. The molecule has 0 radical (unpaired) electrons. The Bertz CT molecular complexity index is 245. The molecule has 2 rings (SSSR count). The van der Waals surface area contributed by atoms with E-state index in [-0.39, 0.29) is 0 Å². The van der Waals surface area contributed by atoms with Crippen LogP contribution in [0.1, 0.15) is 70.6 Å². The molecule has 0 saturated heterocycles. The Hall–Kier alpha value is 0.0500. The zero-order valence-electron chi connectivity index (χ0n) is 11.5. The van der Waals surface area contributed by atoms with Crippen molar-refractivity contribution in [3.05, 3.63) is 12.2 Å². The fourth-order valence-electron chi connectivity index (χ4n) is 3.49. The third-order valence-electron chi connectivity index (χ3n) is 4.73. The first-order valence-electron chi connectivity index (χ1n) is 7.85. The zero-order chi connectivity index (χ0) is 12.6. The Kier molecular flexibility index (Phi) is 6.64. The van der Waals surface area contributed by atoms with Crippen LogP contribution in [0.2, 0.25) is 0 Å². The van der Waals surface area contributed by atoms with E-state index in [0.717, 1.165) is 23.9 Å². The molecule has 1 nitrogen and oxygen atoms in total. The fourth-order valence-corrected chi connectivity index (χ4v) is 3.98. The Morgan fingerprint density at radius 1 is 1.06 bits per heavy atom. The summed E-state index contributed by atoms with van der Waals surface area (Å²) in [4.78, 5) is 0. The molecule has 1 saturated carbocycles. The molecular formula is C16H28OS. The minimum Gasteiger partial charge on any atom is -0.330 e. The maximum Gasteiger partial charge on any atom is 0.0309 e. The SMILES string of the molecule is OSC(CCC1C=CCCC1)CCC1CCCC1. The van der Waals surface area contributed by atoms with E-state index in [4.69, 9.17) is 0 Å². The van der Waals surface area contributed by atoms with Crippen LogP contribution in [0.15, 0.2) is 12.2 Å². The highest BCUT2D eigenvalue weighted by Gasteiger charge is 2.18. The van der Waals surface area contributed by atoms with Gasteiger partial charge in [-0.15, -0.1) is 0 Å². The minimum atomic E-state index is 0.487. The summed E-state index contributed by atoms with van der Waals surface area (Å²) in [5.41, 5.74) is 0. The smallest absolute Gasteiger partial charge is 0.0309 e. The Morgan fingerprint density at radius 2 is 1.83 bits per heavy atom. The molecule has 0 aromatic rings. The monoisotopic (exact) mass is 268 g/mol. The summed E-state index contributed by atoms with van der Waals surface area (Å²) >= 11 is 1.12. The molecule has 0 bridgehead atoms. The lowest BCUT2D eigenvalue weighted by atomic mass is 9.90. The molecule has 1 fully saturated rings.